The second-order valence-corrected chi connectivity index (χ2v) is 6.16. The number of carbonyl (C=O) groups excluding carboxylic acids is 2. The minimum atomic E-state index is -0.640. The van der Waals surface area contributed by atoms with E-state index in [0.717, 1.165) is 9.13 Å². The molecule has 0 aliphatic rings. The third-order valence-electron chi connectivity index (χ3n) is 3.38. The summed E-state index contributed by atoms with van der Waals surface area (Å²) in [4.78, 5) is 24.5. The van der Waals surface area contributed by atoms with Crippen LogP contribution in [0, 0.1) is 24.3 Å². The molecule has 21 heavy (non-hydrogen) atoms. The standard InChI is InChI=1S/C15H16IN3O2/c1-8-7-11(16)5-6-12(8)17-15(21)14(20)13-9(2)18-19(4)10(13)3/h5-7H,1-4H3,(H,17,21). The molecule has 0 aliphatic heterocycles. The number of nitrogens with zero attached hydrogens (tertiary/aromatic N) is 2. The van der Waals surface area contributed by atoms with E-state index in [1.54, 1.807) is 31.6 Å². The fourth-order valence-corrected chi connectivity index (χ4v) is 2.81. The first-order valence-electron chi connectivity index (χ1n) is 6.43. The number of nitrogens with one attached hydrogen (secondary N) is 1. The highest BCUT2D eigenvalue weighted by Crippen LogP contribution is 2.19. The molecule has 110 valence electrons. The van der Waals surface area contributed by atoms with Gasteiger partial charge in [0.15, 0.2) is 0 Å². The number of ketones is 1. The Morgan fingerprint density at radius 1 is 1.24 bits per heavy atom. The van der Waals surface area contributed by atoms with Crippen molar-refractivity contribution in [3.63, 3.8) is 0 Å². The van der Waals surface area contributed by atoms with E-state index in [0.29, 0.717) is 22.6 Å². The lowest BCUT2D eigenvalue weighted by molar-refractivity contribution is -0.112. The van der Waals surface area contributed by atoms with Crippen molar-refractivity contribution >= 4 is 40.0 Å². The number of carbonyl (C=O) groups is 2. The van der Waals surface area contributed by atoms with Crippen molar-refractivity contribution in [2.75, 3.05) is 5.32 Å². The molecule has 0 saturated carbocycles. The molecule has 0 bridgehead atoms. The van der Waals surface area contributed by atoms with Gasteiger partial charge in [0, 0.05) is 22.0 Å². The molecule has 0 unspecified atom stereocenters. The molecule has 1 N–H and O–H groups in total. The molecule has 0 spiro atoms. The first kappa shape index (κ1) is 15.7. The van der Waals surface area contributed by atoms with Gasteiger partial charge in [-0.3, -0.25) is 14.3 Å². The van der Waals surface area contributed by atoms with Crippen LogP contribution in [0.1, 0.15) is 27.3 Å². The van der Waals surface area contributed by atoms with E-state index in [-0.39, 0.29) is 0 Å². The van der Waals surface area contributed by atoms with Crippen LogP contribution >= 0.6 is 22.6 Å². The number of aromatic nitrogens is 2. The molecule has 1 aromatic carbocycles. The van der Waals surface area contributed by atoms with Gasteiger partial charge in [0.1, 0.15) is 0 Å². The summed E-state index contributed by atoms with van der Waals surface area (Å²) in [6, 6.07) is 5.63. The predicted octanol–water partition coefficient (Wildman–Crippen LogP) is 2.77. The van der Waals surface area contributed by atoms with E-state index >= 15 is 0 Å². The zero-order chi connectivity index (χ0) is 15.7. The highest BCUT2D eigenvalue weighted by molar-refractivity contribution is 14.1. The second-order valence-electron chi connectivity index (χ2n) is 4.91. The van der Waals surface area contributed by atoms with Crippen LogP contribution in [-0.4, -0.2) is 21.5 Å². The van der Waals surface area contributed by atoms with Gasteiger partial charge < -0.3 is 5.32 Å². The molecule has 0 atom stereocenters. The number of amides is 1. The second kappa shape index (κ2) is 5.97. The first-order valence-corrected chi connectivity index (χ1v) is 7.51. The Balaban J connectivity index is 2.26. The maximum Gasteiger partial charge on any atom is 0.296 e. The maximum atomic E-state index is 12.3. The Kier molecular flexibility index (Phi) is 4.46. The van der Waals surface area contributed by atoms with Gasteiger partial charge in [-0.1, -0.05) is 0 Å². The Morgan fingerprint density at radius 2 is 1.90 bits per heavy atom. The number of aryl methyl sites for hydroxylation is 3. The Hall–Kier alpha value is -1.70. The topological polar surface area (TPSA) is 64.0 Å². The van der Waals surface area contributed by atoms with E-state index in [1.165, 1.54) is 0 Å². The number of hydrogen-bond donors (Lipinski definition) is 1. The minimum absolute atomic E-state index is 0.373. The normalized spacial score (nSPS) is 10.5. The van der Waals surface area contributed by atoms with Crippen molar-refractivity contribution < 1.29 is 9.59 Å². The summed E-state index contributed by atoms with van der Waals surface area (Å²) in [7, 11) is 1.75. The van der Waals surface area contributed by atoms with Gasteiger partial charge in [0.25, 0.3) is 11.7 Å². The Labute approximate surface area is 136 Å². The summed E-state index contributed by atoms with van der Waals surface area (Å²) in [5.74, 6) is -1.20. The van der Waals surface area contributed by atoms with Gasteiger partial charge >= 0.3 is 0 Å². The molecule has 6 heteroatoms. The molecule has 0 radical (unpaired) electrons. The van der Waals surface area contributed by atoms with Crippen LogP contribution in [0.5, 0.6) is 0 Å². The fraction of sp³-hybridized carbons (Fsp3) is 0.267. The van der Waals surface area contributed by atoms with Gasteiger partial charge in [-0.2, -0.15) is 5.10 Å². The lowest BCUT2D eigenvalue weighted by atomic mass is 10.1. The van der Waals surface area contributed by atoms with E-state index in [2.05, 4.69) is 33.0 Å². The van der Waals surface area contributed by atoms with Crippen LogP contribution < -0.4 is 5.32 Å². The number of rotatable bonds is 3. The van der Waals surface area contributed by atoms with Gasteiger partial charge in [-0.25, -0.2) is 0 Å². The highest BCUT2D eigenvalue weighted by atomic mass is 127. The largest absolute Gasteiger partial charge is 0.319 e. The van der Waals surface area contributed by atoms with Crippen LogP contribution in [0.2, 0.25) is 0 Å². The highest BCUT2D eigenvalue weighted by Gasteiger charge is 2.24. The van der Waals surface area contributed by atoms with Crippen LogP contribution in [0.3, 0.4) is 0 Å². The van der Waals surface area contributed by atoms with Crippen LogP contribution in [0.4, 0.5) is 5.69 Å². The van der Waals surface area contributed by atoms with Gasteiger partial charge in [0.2, 0.25) is 0 Å². The molecule has 5 nitrogen and oxygen atoms in total. The number of benzene rings is 1. The molecule has 1 heterocycles. The molecular weight excluding hydrogens is 381 g/mol. The number of anilines is 1. The minimum Gasteiger partial charge on any atom is -0.319 e. The molecule has 0 aliphatic carbocycles. The molecule has 2 aromatic rings. The van der Waals surface area contributed by atoms with Gasteiger partial charge in [0.05, 0.1) is 11.3 Å². The number of halogens is 1. The lowest BCUT2D eigenvalue weighted by Gasteiger charge is -2.08. The monoisotopic (exact) mass is 397 g/mol. The van der Waals surface area contributed by atoms with Crippen LogP contribution in [-0.2, 0) is 11.8 Å². The number of Topliss-reactive ketones (excluding diaryl/α,β-unsaturated/α-hetero) is 1. The lowest BCUT2D eigenvalue weighted by Crippen LogP contribution is -2.24. The van der Waals surface area contributed by atoms with E-state index in [4.69, 9.17) is 0 Å². The van der Waals surface area contributed by atoms with Crippen molar-refractivity contribution in [3.05, 3.63) is 44.3 Å². The fourth-order valence-electron chi connectivity index (χ4n) is 2.16. The number of hydrogen-bond acceptors (Lipinski definition) is 3. The van der Waals surface area contributed by atoms with Gasteiger partial charge in [-0.15, -0.1) is 0 Å². The predicted molar refractivity (Wildman–Crippen MR) is 89.5 cm³/mol. The van der Waals surface area contributed by atoms with E-state index < -0.39 is 11.7 Å². The average Bonchev–Trinajstić information content (AvgIpc) is 2.66. The third kappa shape index (κ3) is 3.15. The zero-order valence-corrected chi connectivity index (χ0v) is 14.5. The van der Waals surface area contributed by atoms with E-state index in [1.807, 2.05) is 19.1 Å². The smallest absolute Gasteiger partial charge is 0.296 e. The third-order valence-corrected chi connectivity index (χ3v) is 4.05. The Bertz CT molecular complexity index is 735. The summed E-state index contributed by atoms with van der Waals surface area (Å²) in [5.41, 5.74) is 3.19. The maximum absolute atomic E-state index is 12.3. The van der Waals surface area contributed by atoms with Crippen LogP contribution in [0.25, 0.3) is 0 Å². The molecule has 2 rings (SSSR count). The zero-order valence-electron chi connectivity index (χ0n) is 12.3. The van der Waals surface area contributed by atoms with Crippen molar-refractivity contribution in [1.82, 2.24) is 9.78 Å². The SMILES string of the molecule is Cc1cc(I)ccc1NC(=O)C(=O)c1c(C)nn(C)c1C. The molecular formula is C15H16IN3O2. The van der Waals surface area contributed by atoms with Crippen LogP contribution in [0.15, 0.2) is 18.2 Å². The summed E-state index contributed by atoms with van der Waals surface area (Å²) in [6.45, 7) is 5.39. The quantitative estimate of drug-likeness (QED) is 0.492. The summed E-state index contributed by atoms with van der Waals surface area (Å²) < 4.78 is 2.68. The van der Waals surface area contributed by atoms with E-state index in [9.17, 15) is 9.59 Å². The molecule has 1 amide bonds. The Morgan fingerprint density at radius 3 is 2.43 bits per heavy atom. The molecule has 0 fully saturated rings. The molecule has 1 aromatic heterocycles. The summed E-state index contributed by atoms with van der Waals surface area (Å²) in [5, 5.41) is 6.84. The van der Waals surface area contributed by atoms with Crippen molar-refractivity contribution in [3.8, 4) is 0 Å². The van der Waals surface area contributed by atoms with Crippen molar-refractivity contribution in [1.29, 1.82) is 0 Å². The first-order chi connectivity index (χ1) is 9.81. The summed E-state index contributed by atoms with van der Waals surface area (Å²) in [6.07, 6.45) is 0. The summed E-state index contributed by atoms with van der Waals surface area (Å²) >= 11 is 2.20. The van der Waals surface area contributed by atoms with Gasteiger partial charge in [-0.05, 0) is 67.1 Å². The van der Waals surface area contributed by atoms with Crippen molar-refractivity contribution in [2.45, 2.75) is 20.8 Å². The molecule has 0 saturated heterocycles. The average molecular weight is 397 g/mol. The van der Waals surface area contributed by atoms with Crippen molar-refractivity contribution in [2.24, 2.45) is 7.05 Å².